The van der Waals surface area contributed by atoms with Crippen molar-refractivity contribution >= 4 is 5.97 Å². The Hall–Kier alpha value is -0.530. The summed E-state index contributed by atoms with van der Waals surface area (Å²) in [6.07, 6.45) is 28.1. The van der Waals surface area contributed by atoms with E-state index in [4.69, 9.17) is 4.74 Å². The molecule has 0 radical (unpaired) electrons. The molecule has 180 valence electrons. The highest BCUT2D eigenvalue weighted by Crippen LogP contribution is 2.20. The molecule has 0 aliphatic rings. The van der Waals surface area contributed by atoms with Crippen molar-refractivity contribution in [3.8, 4) is 0 Å². The lowest BCUT2D eigenvalue weighted by Gasteiger charge is -2.17. The fourth-order valence-corrected chi connectivity index (χ4v) is 4.25. The van der Waals surface area contributed by atoms with Crippen LogP contribution in [0.2, 0.25) is 0 Å². The molecule has 0 saturated heterocycles. The monoisotopic (exact) mass is 424 g/mol. The van der Waals surface area contributed by atoms with Crippen LogP contribution in [0.5, 0.6) is 0 Å². The van der Waals surface area contributed by atoms with Crippen molar-refractivity contribution < 1.29 is 9.53 Å². The molecular formula is C28H56O2. The van der Waals surface area contributed by atoms with Crippen LogP contribution in [-0.2, 0) is 9.53 Å². The minimum atomic E-state index is 0.0374. The SMILES string of the molecule is CCCCCCCCCCC(CCCCCCCC)COC(=O)CCCCCCC. The first kappa shape index (κ1) is 29.5. The molecule has 0 rings (SSSR count). The van der Waals surface area contributed by atoms with Crippen LogP contribution in [0.3, 0.4) is 0 Å². The summed E-state index contributed by atoms with van der Waals surface area (Å²) in [5, 5.41) is 0. The fourth-order valence-electron chi connectivity index (χ4n) is 4.25. The van der Waals surface area contributed by atoms with Crippen LogP contribution in [0.15, 0.2) is 0 Å². The van der Waals surface area contributed by atoms with E-state index in [1.54, 1.807) is 0 Å². The molecule has 2 heteroatoms. The Bertz CT molecular complexity index is 340. The number of carbonyl (C=O) groups is 1. The molecule has 0 bridgehead atoms. The molecule has 0 saturated carbocycles. The predicted molar refractivity (Wildman–Crippen MR) is 133 cm³/mol. The van der Waals surface area contributed by atoms with Gasteiger partial charge in [-0.2, -0.15) is 0 Å². The zero-order valence-electron chi connectivity index (χ0n) is 21.2. The van der Waals surface area contributed by atoms with Gasteiger partial charge in [0.15, 0.2) is 0 Å². The van der Waals surface area contributed by atoms with Crippen molar-refractivity contribution in [2.75, 3.05) is 6.61 Å². The van der Waals surface area contributed by atoms with E-state index in [9.17, 15) is 4.79 Å². The lowest BCUT2D eigenvalue weighted by Crippen LogP contribution is -2.14. The number of rotatable bonds is 24. The second kappa shape index (κ2) is 24.7. The second-order valence-corrected chi connectivity index (χ2v) is 9.53. The quantitative estimate of drug-likeness (QED) is 0.114. The molecule has 0 aliphatic heterocycles. The van der Waals surface area contributed by atoms with Gasteiger partial charge < -0.3 is 4.74 Å². The summed E-state index contributed by atoms with van der Waals surface area (Å²) in [6.45, 7) is 7.45. The first-order chi connectivity index (χ1) is 14.7. The maximum absolute atomic E-state index is 12.1. The van der Waals surface area contributed by atoms with Gasteiger partial charge in [-0.1, -0.05) is 136 Å². The maximum atomic E-state index is 12.1. The minimum Gasteiger partial charge on any atom is -0.465 e. The third-order valence-corrected chi connectivity index (χ3v) is 6.40. The van der Waals surface area contributed by atoms with E-state index in [0.29, 0.717) is 18.9 Å². The van der Waals surface area contributed by atoms with Gasteiger partial charge in [-0.15, -0.1) is 0 Å². The largest absolute Gasteiger partial charge is 0.465 e. The molecule has 0 aliphatic carbocycles. The highest BCUT2D eigenvalue weighted by molar-refractivity contribution is 5.69. The predicted octanol–water partition coefficient (Wildman–Crippen LogP) is 9.79. The standard InChI is InChI=1S/C28H56O2/c1-4-7-10-13-15-16-19-21-24-27(23-20-18-14-11-8-5-2)26-30-28(29)25-22-17-12-9-6-3/h27H,4-26H2,1-3H3. The summed E-state index contributed by atoms with van der Waals surface area (Å²) in [5.74, 6) is 0.621. The van der Waals surface area contributed by atoms with Gasteiger partial charge in [-0.05, 0) is 25.2 Å². The number of unbranched alkanes of at least 4 members (excludes halogenated alkanes) is 16. The van der Waals surface area contributed by atoms with Gasteiger partial charge >= 0.3 is 5.97 Å². The van der Waals surface area contributed by atoms with E-state index in [2.05, 4.69) is 20.8 Å². The van der Waals surface area contributed by atoms with E-state index in [1.165, 1.54) is 128 Å². The van der Waals surface area contributed by atoms with Gasteiger partial charge in [-0.25, -0.2) is 0 Å². The van der Waals surface area contributed by atoms with Gasteiger partial charge in [0.2, 0.25) is 0 Å². The summed E-state index contributed by atoms with van der Waals surface area (Å²) in [5.41, 5.74) is 0. The Morgan fingerprint density at radius 1 is 0.533 bits per heavy atom. The molecule has 0 aromatic rings. The maximum Gasteiger partial charge on any atom is 0.305 e. The van der Waals surface area contributed by atoms with Crippen molar-refractivity contribution in [1.29, 1.82) is 0 Å². The molecule has 0 amide bonds. The van der Waals surface area contributed by atoms with E-state index < -0.39 is 0 Å². The van der Waals surface area contributed by atoms with Crippen LogP contribution >= 0.6 is 0 Å². The number of hydrogen-bond acceptors (Lipinski definition) is 2. The summed E-state index contributed by atoms with van der Waals surface area (Å²) < 4.78 is 5.69. The normalized spacial score (nSPS) is 12.2. The molecule has 0 aromatic heterocycles. The van der Waals surface area contributed by atoms with Crippen molar-refractivity contribution in [3.05, 3.63) is 0 Å². The fraction of sp³-hybridized carbons (Fsp3) is 0.964. The van der Waals surface area contributed by atoms with Crippen LogP contribution < -0.4 is 0 Å². The lowest BCUT2D eigenvalue weighted by molar-refractivity contribution is -0.145. The van der Waals surface area contributed by atoms with Crippen molar-refractivity contribution in [2.24, 2.45) is 5.92 Å². The Balaban J connectivity index is 3.97. The number of carbonyl (C=O) groups excluding carboxylic acids is 1. The van der Waals surface area contributed by atoms with Crippen molar-refractivity contribution in [2.45, 2.75) is 162 Å². The molecule has 1 unspecified atom stereocenters. The first-order valence-corrected chi connectivity index (χ1v) is 13.9. The molecular weight excluding hydrogens is 368 g/mol. The zero-order valence-corrected chi connectivity index (χ0v) is 21.2. The summed E-state index contributed by atoms with van der Waals surface area (Å²) in [4.78, 5) is 12.1. The van der Waals surface area contributed by atoms with Crippen molar-refractivity contribution in [3.63, 3.8) is 0 Å². The average molecular weight is 425 g/mol. The lowest BCUT2D eigenvalue weighted by atomic mass is 9.94. The third kappa shape index (κ3) is 22.2. The number of ether oxygens (including phenoxy) is 1. The van der Waals surface area contributed by atoms with Gasteiger partial charge in [0.05, 0.1) is 6.61 Å². The number of hydrogen-bond donors (Lipinski definition) is 0. The molecule has 2 nitrogen and oxygen atoms in total. The summed E-state index contributed by atoms with van der Waals surface area (Å²) in [7, 11) is 0. The first-order valence-electron chi connectivity index (χ1n) is 13.9. The second-order valence-electron chi connectivity index (χ2n) is 9.53. The van der Waals surface area contributed by atoms with Crippen LogP contribution in [-0.4, -0.2) is 12.6 Å². The van der Waals surface area contributed by atoms with E-state index in [0.717, 1.165) is 6.42 Å². The van der Waals surface area contributed by atoms with E-state index in [-0.39, 0.29) is 5.97 Å². The van der Waals surface area contributed by atoms with Gasteiger partial charge in [0.1, 0.15) is 0 Å². The smallest absolute Gasteiger partial charge is 0.305 e. The molecule has 0 aromatic carbocycles. The molecule has 0 fully saturated rings. The van der Waals surface area contributed by atoms with Crippen LogP contribution in [0.4, 0.5) is 0 Å². The Labute approximate surface area is 190 Å². The van der Waals surface area contributed by atoms with Gasteiger partial charge in [0.25, 0.3) is 0 Å². The average Bonchev–Trinajstić information content (AvgIpc) is 2.75. The van der Waals surface area contributed by atoms with E-state index in [1.807, 2.05) is 0 Å². The van der Waals surface area contributed by atoms with Gasteiger partial charge in [0, 0.05) is 6.42 Å². The Morgan fingerprint density at radius 2 is 0.900 bits per heavy atom. The topological polar surface area (TPSA) is 26.3 Å². The highest BCUT2D eigenvalue weighted by atomic mass is 16.5. The van der Waals surface area contributed by atoms with Gasteiger partial charge in [-0.3, -0.25) is 4.79 Å². The summed E-state index contributed by atoms with van der Waals surface area (Å²) >= 11 is 0. The van der Waals surface area contributed by atoms with E-state index >= 15 is 0 Å². The minimum absolute atomic E-state index is 0.0374. The van der Waals surface area contributed by atoms with Crippen LogP contribution in [0.25, 0.3) is 0 Å². The highest BCUT2D eigenvalue weighted by Gasteiger charge is 2.12. The number of esters is 1. The molecule has 0 N–H and O–H groups in total. The summed E-state index contributed by atoms with van der Waals surface area (Å²) in [6, 6.07) is 0. The molecule has 1 atom stereocenters. The molecule has 30 heavy (non-hydrogen) atoms. The molecule has 0 spiro atoms. The molecule has 0 heterocycles. The Morgan fingerprint density at radius 3 is 1.33 bits per heavy atom. The van der Waals surface area contributed by atoms with Crippen LogP contribution in [0, 0.1) is 5.92 Å². The zero-order chi connectivity index (χ0) is 22.1. The Kier molecular flexibility index (Phi) is 24.3. The third-order valence-electron chi connectivity index (χ3n) is 6.40. The van der Waals surface area contributed by atoms with Crippen LogP contribution in [0.1, 0.15) is 162 Å². The van der Waals surface area contributed by atoms with Crippen molar-refractivity contribution in [1.82, 2.24) is 0 Å².